The van der Waals surface area contributed by atoms with Crippen LogP contribution >= 0.6 is 47.2 Å². The zero-order valence-corrected chi connectivity index (χ0v) is 21.1. The zero-order chi connectivity index (χ0) is 24.1. The number of halogens is 2. The number of carbonyl (C=O) groups excluding carboxylic acids is 2. The van der Waals surface area contributed by atoms with E-state index in [4.69, 9.17) is 44.9 Å². The normalized spacial score (nSPS) is 14.7. The van der Waals surface area contributed by atoms with E-state index in [9.17, 15) is 9.59 Å². The van der Waals surface area contributed by atoms with Crippen LogP contribution in [0.1, 0.15) is 19.4 Å². The van der Waals surface area contributed by atoms with Crippen molar-refractivity contribution in [3.05, 3.63) is 56.9 Å². The van der Waals surface area contributed by atoms with E-state index in [0.717, 1.165) is 22.3 Å². The molecular formula is C22H21Cl2N3O4S2. The predicted octanol–water partition coefficient (Wildman–Crippen LogP) is 5.97. The second-order valence-electron chi connectivity index (χ2n) is 7.33. The molecule has 3 rings (SSSR count). The van der Waals surface area contributed by atoms with E-state index in [-0.39, 0.29) is 4.32 Å². The van der Waals surface area contributed by atoms with Crippen LogP contribution in [0.3, 0.4) is 0 Å². The summed E-state index contributed by atoms with van der Waals surface area (Å²) in [6.45, 7) is 4.67. The second-order valence-corrected chi connectivity index (χ2v) is 9.82. The molecule has 1 heterocycles. The van der Waals surface area contributed by atoms with E-state index in [1.165, 1.54) is 6.07 Å². The fraction of sp³-hybridized carbons (Fsp3) is 0.227. The quantitative estimate of drug-likeness (QED) is 0.342. The topological polar surface area (TPSA) is 79.9 Å². The summed E-state index contributed by atoms with van der Waals surface area (Å²) < 4.78 is 11.4. The highest BCUT2D eigenvalue weighted by atomic mass is 35.5. The molecule has 0 unspecified atom stereocenters. The Morgan fingerprint density at radius 3 is 2.61 bits per heavy atom. The molecule has 1 saturated heterocycles. The first-order valence-electron chi connectivity index (χ1n) is 9.79. The van der Waals surface area contributed by atoms with Gasteiger partial charge < -0.3 is 14.8 Å². The van der Waals surface area contributed by atoms with Gasteiger partial charge in [-0.05, 0) is 60.1 Å². The van der Waals surface area contributed by atoms with Gasteiger partial charge in [0.15, 0.2) is 15.8 Å². The molecule has 0 radical (unpaired) electrons. The van der Waals surface area contributed by atoms with Crippen molar-refractivity contribution in [3.63, 3.8) is 0 Å². The number of ether oxygens (including phenoxy) is 2. The highest BCUT2D eigenvalue weighted by Gasteiger charge is 2.33. The molecule has 174 valence electrons. The predicted molar refractivity (Wildman–Crippen MR) is 137 cm³/mol. The molecule has 11 heteroatoms. The Hall–Kier alpha value is -2.46. The number of thioether (sulfide) groups is 1. The van der Waals surface area contributed by atoms with Crippen LogP contribution in [0, 0.1) is 5.92 Å². The Morgan fingerprint density at radius 2 is 1.94 bits per heavy atom. The number of thiocarbonyl (C=S) groups is 1. The number of amides is 3. The number of urea groups is 1. The van der Waals surface area contributed by atoms with Gasteiger partial charge in [0.2, 0.25) is 0 Å². The summed E-state index contributed by atoms with van der Waals surface area (Å²) in [4.78, 5) is 25.5. The number of benzene rings is 2. The lowest BCUT2D eigenvalue weighted by Gasteiger charge is -2.16. The minimum Gasteiger partial charge on any atom is -0.493 e. The fourth-order valence-electron chi connectivity index (χ4n) is 2.70. The average Bonchev–Trinajstić information content (AvgIpc) is 3.02. The van der Waals surface area contributed by atoms with Gasteiger partial charge in [0.1, 0.15) is 0 Å². The van der Waals surface area contributed by atoms with Crippen LogP contribution < -0.4 is 20.2 Å². The van der Waals surface area contributed by atoms with Crippen molar-refractivity contribution < 1.29 is 19.1 Å². The number of nitrogens with one attached hydrogen (secondary N) is 2. The molecule has 1 fully saturated rings. The van der Waals surface area contributed by atoms with Crippen LogP contribution in [0.5, 0.6) is 11.5 Å². The average molecular weight is 526 g/mol. The van der Waals surface area contributed by atoms with Crippen molar-refractivity contribution in [1.82, 2.24) is 10.4 Å². The van der Waals surface area contributed by atoms with Gasteiger partial charge in [0, 0.05) is 5.69 Å². The molecule has 33 heavy (non-hydrogen) atoms. The van der Waals surface area contributed by atoms with Crippen molar-refractivity contribution in [2.45, 2.75) is 13.8 Å². The highest BCUT2D eigenvalue weighted by molar-refractivity contribution is 8.26. The monoisotopic (exact) mass is 525 g/mol. The van der Waals surface area contributed by atoms with Crippen molar-refractivity contribution >= 4 is 75.2 Å². The molecule has 7 nitrogen and oxygen atoms in total. The van der Waals surface area contributed by atoms with Crippen LogP contribution in [-0.4, -0.2) is 35.0 Å². The van der Waals surface area contributed by atoms with Gasteiger partial charge >= 0.3 is 6.03 Å². The van der Waals surface area contributed by atoms with Crippen molar-refractivity contribution in [2.75, 3.05) is 19.0 Å². The number of anilines is 1. The summed E-state index contributed by atoms with van der Waals surface area (Å²) in [7, 11) is 1.55. The van der Waals surface area contributed by atoms with E-state index in [1.54, 1.807) is 37.5 Å². The highest BCUT2D eigenvalue weighted by Crippen LogP contribution is 2.34. The SMILES string of the molecule is COc1cc(/C=C2\SC(=S)N(NC(=O)Nc3ccc(Cl)c(Cl)c3)C2=O)ccc1OCC(C)C. The van der Waals surface area contributed by atoms with Crippen LogP contribution in [0.15, 0.2) is 41.3 Å². The zero-order valence-electron chi connectivity index (χ0n) is 18.0. The first-order chi connectivity index (χ1) is 15.7. The third-order valence-electron chi connectivity index (χ3n) is 4.24. The number of hydrazine groups is 1. The minimum absolute atomic E-state index is 0.194. The van der Waals surface area contributed by atoms with Gasteiger partial charge in [-0.3, -0.25) is 4.79 Å². The van der Waals surface area contributed by atoms with Crippen LogP contribution in [0.2, 0.25) is 10.0 Å². The first-order valence-corrected chi connectivity index (χ1v) is 11.8. The first kappa shape index (κ1) is 25.2. The molecular weight excluding hydrogens is 505 g/mol. The minimum atomic E-state index is -0.653. The smallest absolute Gasteiger partial charge is 0.338 e. The van der Waals surface area contributed by atoms with E-state index in [0.29, 0.717) is 44.7 Å². The maximum atomic E-state index is 12.8. The summed E-state index contributed by atoms with van der Waals surface area (Å²) in [5, 5.41) is 4.24. The van der Waals surface area contributed by atoms with Gasteiger partial charge in [0.25, 0.3) is 5.91 Å². The third kappa shape index (κ3) is 6.54. The Balaban J connectivity index is 1.70. The van der Waals surface area contributed by atoms with Gasteiger partial charge in [-0.25, -0.2) is 10.2 Å². The third-order valence-corrected chi connectivity index (χ3v) is 6.28. The van der Waals surface area contributed by atoms with Crippen molar-refractivity contribution in [1.29, 1.82) is 0 Å². The molecule has 2 aromatic carbocycles. The lowest BCUT2D eigenvalue weighted by atomic mass is 10.2. The van der Waals surface area contributed by atoms with Gasteiger partial charge in [0.05, 0.1) is 28.7 Å². The molecule has 1 aliphatic rings. The van der Waals surface area contributed by atoms with Gasteiger partial charge in [-0.1, -0.05) is 54.9 Å². The standard InChI is InChI=1S/C22H21Cl2N3O4S2/c1-12(2)11-31-17-7-4-13(8-18(17)30-3)9-19-20(28)27(22(32)33-19)26-21(29)25-14-5-6-15(23)16(24)10-14/h4-10,12H,11H2,1-3H3,(H2,25,26,29)/b19-9-. The molecule has 2 N–H and O–H groups in total. The summed E-state index contributed by atoms with van der Waals surface area (Å²) >= 11 is 18.2. The van der Waals surface area contributed by atoms with Crippen LogP contribution in [0.4, 0.5) is 10.5 Å². The molecule has 0 spiro atoms. The molecule has 0 aromatic heterocycles. The number of methoxy groups -OCH3 is 1. The number of rotatable bonds is 7. The van der Waals surface area contributed by atoms with Crippen LogP contribution in [0.25, 0.3) is 6.08 Å². The van der Waals surface area contributed by atoms with Crippen LogP contribution in [-0.2, 0) is 4.79 Å². The number of carbonyl (C=O) groups is 2. The Labute approximate surface area is 211 Å². The van der Waals surface area contributed by atoms with Gasteiger partial charge in [-0.15, -0.1) is 0 Å². The van der Waals surface area contributed by atoms with E-state index >= 15 is 0 Å². The fourth-order valence-corrected chi connectivity index (χ4v) is 4.18. The molecule has 0 bridgehead atoms. The second kappa shape index (κ2) is 11.1. The molecule has 2 aromatic rings. The number of nitrogens with zero attached hydrogens (tertiary/aromatic N) is 1. The Kier molecular flexibility index (Phi) is 8.47. The summed E-state index contributed by atoms with van der Waals surface area (Å²) in [5.41, 5.74) is 3.58. The largest absolute Gasteiger partial charge is 0.493 e. The summed E-state index contributed by atoms with van der Waals surface area (Å²) in [5.74, 6) is 1.10. The molecule has 0 atom stereocenters. The number of hydrogen-bond acceptors (Lipinski definition) is 6. The number of hydrogen-bond donors (Lipinski definition) is 2. The van der Waals surface area contributed by atoms with E-state index in [2.05, 4.69) is 24.6 Å². The van der Waals surface area contributed by atoms with E-state index in [1.807, 2.05) is 6.07 Å². The Morgan fingerprint density at radius 1 is 1.18 bits per heavy atom. The van der Waals surface area contributed by atoms with Crippen molar-refractivity contribution in [2.24, 2.45) is 5.92 Å². The van der Waals surface area contributed by atoms with Gasteiger partial charge in [-0.2, -0.15) is 5.01 Å². The lowest BCUT2D eigenvalue weighted by Crippen LogP contribution is -2.46. The molecule has 0 saturated carbocycles. The molecule has 3 amide bonds. The molecule has 1 aliphatic heterocycles. The maximum absolute atomic E-state index is 12.8. The molecule has 0 aliphatic carbocycles. The Bertz CT molecular complexity index is 1120. The van der Waals surface area contributed by atoms with Crippen molar-refractivity contribution in [3.8, 4) is 11.5 Å². The van der Waals surface area contributed by atoms with E-state index < -0.39 is 11.9 Å². The maximum Gasteiger partial charge on any atom is 0.338 e. The lowest BCUT2D eigenvalue weighted by molar-refractivity contribution is -0.123. The summed E-state index contributed by atoms with van der Waals surface area (Å²) in [6.07, 6.45) is 1.67. The summed E-state index contributed by atoms with van der Waals surface area (Å²) in [6, 6.07) is 9.35.